The zero-order valence-electron chi connectivity index (χ0n) is 19.1. The minimum Gasteiger partial charge on any atom is -0.486 e. The molecular formula is C24H27ClFN5O4. The molecule has 0 radical (unpaired) electrons. The Hall–Kier alpha value is -2.95. The number of rotatable bonds is 5. The number of nitrogens with one attached hydrogen (secondary N) is 1. The van der Waals surface area contributed by atoms with Gasteiger partial charge in [-0.2, -0.15) is 0 Å². The lowest BCUT2D eigenvalue weighted by atomic mass is 10.0. The highest BCUT2D eigenvalue weighted by molar-refractivity contribution is 5.85. The molecule has 11 heteroatoms. The fraction of sp³-hybridized carbons (Fsp3) is 0.458. The fourth-order valence-corrected chi connectivity index (χ4v) is 5.31. The smallest absolute Gasteiger partial charge is 0.270 e. The van der Waals surface area contributed by atoms with Gasteiger partial charge < -0.3 is 19.7 Å². The van der Waals surface area contributed by atoms with Crippen LogP contribution >= 0.6 is 12.4 Å². The van der Waals surface area contributed by atoms with E-state index in [1.165, 1.54) is 18.3 Å². The molecule has 0 aliphatic carbocycles. The average Bonchev–Trinajstić information content (AvgIpc) is 3.24. The van der Waals surface area contributed by atoms with Gasteiger partial charge in [0.25, 0.3) is 11.1 Å². The standard InChI is InChI=1S/C24H26FN5O4.ClH/c25-18-9-15(10-20-23(18)34-8-7-33-20)11-26-16-3-5-28(6-4-16)13-17-14-29-22(32)12-27-19-1-2-21(31)30(17)24(19)29;/h1-2,9-10,12,16-17,26H,3-8,11,13-14H2;1H/t17-;/m1./s1. The molecule has 0 amide bonds. The summed E-state index contributed by atoms with van der Waals surface area (Å²) in [7, 11) is 0. The second kappa shape index (κ2) is 9.60. The molecule has 6 rings (SSSR count). The van der Waals surface area contributed by atoms with Crippen LogP contribution < -0.4 is 25.9 Å². The van der Waals surface area contributed by atoms with Gasteiger partial charge in [-0.15, -0.1) is 12.4 Å². The summed E-state index contributed by atoms with van der Waals surface area (Å²) in [5.41, 5.74) is 1.85. The van der Waals surface area contributed by atoms with Crippen molar-refractivity contribution < 1.29 is 13.9 Å². The van der Waals surface area contributed by atoms with E-state index in [-0.39, 0.29) is 41.1 Å². The maximum Gasteiger partial charge on any atom is 0.270 e. The third-order valence-corrected chi connectivity index (χ3v) is 6.98. The number of benzene rings is 1. The minimum absolute atomic E-state index is 0. The first kappa shape index (κ1) is 23.8. The fourth-order valence-electron chi connectivity index (χ4n) is 5.31. The summed E-state index contributed by atoms with van der Waals surface area (Å²) in [5.74, 6) is 0.279. The summed E-state index contributed by atoms with van der Waals surface area (Å²) in [6.07, 6.45) is 3.23. The Morgan fingerprint density at radius 2 is 1.89 bits per heavy atom. The number of piperidine rings is 1. The molecule has 1 fully saturated rings. The lowest BCUT2D eigenvalue weighted by Crippen LogP contribution is -2.44. The maximum atomic E-state index is 14.3. The van der Waals surface area contributed by atoms with Crippen molar-refractivity contribution in [1.82, 2.24) is 24.3 Å². The summed E-state index contributed by atoms with van der Waals surface area (Å²) in [6.45, 7) is 4.33. The Kier molecular flexibility index (Phi) is 6.52. The van der Waals surface area contributed by atoms with Gasteiger partial charge in [-0.25, -0.2) is 9.37 Å². The van der Waals surface area contributed by atoms with E-state index < -0.39 is 0 Å². The first-order chi connectivity index (χ1) is 16.6. The molecule has 186 valence electrons. The van der Waals surface area contributed by atoms with Crippen molar-refractivity contribution in [2.75, 3.05) is 32.8 Å². The molecule has 1 saturated heterocycles. The largest absolute Gasteiger partial charge is 0.486 e. The van der Waals surface area contributed by atoms with Crippen LogP contribution in [-0.4, -0.2) is 57.9 Å². The first-order valence-electron chi connectivity index (χ1n) is 11.7. The van der Waals surface area contributed by atoms with Gasteiger partial charge in [0.05, 0.1) is 12.2 Å². The van der Waals surface area contributed by atoms with E-state index in [0.29, 0.717) is 55.8 Å². The van der Waals surface area contributed by atoms with Crippen LogP contribution in [-0.2, 0) is 13.1 Å². The number of fused-ring (bicyclic) bond motifs is 1. The average molecular weight is 504 g/mol. The van der Waals surface area contributed by atoms with Crippen molar-refractivity contribution in [1.29, 1.82) is 0 Å². The van der Waals surface area contributed by atoms with Gasteiger partial charge >= 0.3 is 0 Å². The molecule has 5 heterocycles. The highest BCUT2D eigenvalue weighted by Gasteiger charge is 2.29. The lowest BCUT2D eigenvalue weighted by Gasteiger charge is -2.34. The molecule has 3 aliphatic rings. The minimum atomic E-state index is -0.388. The number of hydrogen-bond acceptors (Lipinski definition) is 7. The van der Waals surface area contributed by atoms with Crippen molar-refractivity contribution in [3.05, 3.63) is 62.6 Å². The van der Waals surface area contributed by atoms with Gasteiger partial charge in [-0.05, 0) is 49.7 Å². The predicted molar refractivity (Wildman–Crippen MR) is 130 cm³/mol. The van der Waals surface area contributed by atoms with E-state index in [4.69, 9.17) is 9.47 Å². The summed E-state index contributed by atoms with van der Waals surface area (Å²) in [5, 5.41) is 3.53. The van der Waals surface area contributed by atoms with E-state index in [1.807, 2.05) is 6.07 Å². The predicted octanol–water partition coefficient (Wildman–Crippen LogP) is 1.70. The van der Waals surface area contributed by atoms with Crippen LogP contribution in [0.2, 0.25) is 0 Å². The maximum absolute atomic E-state index is 14.3. The topological polar surface area (TPSA) is 90.6 Å². The molecule has 1 aromatic carbocycles. The molecule has 0 spiro atoms. The van der Waals surface area contributed by atoms with Gasteiger partial charge in [-0.1, -0.05) is 0 Å². The number of nitrogens with zero attached hydrogens (tertiary/aromatic N) is 4. The molecule has 3 aromatic rings. The molecule has 3 aliphatic heterocycles. The van der Waals surface area contributed by atoms with Crippen LogP contribution in [0.5, 0.6) is 11.5 Å². The number of pyridine rings is 1. The zero-order chi connectivity index (χ0) is 23.2. The lowest BCUT2D eigenvalue weighted by molar-refractivity contribution is 0.163. The third-order valence-electron chi connectivity index (χ3n) is 6.98. The first-order valence-corrected chi connectivity index (χ1v) is 11.7. The summed E-state index contributed by atoms with van der Waals surface area (Å²) in [6, 6.07) is 6.79. The molecule has 0 saturated carbocycles. The molecular weight excluding hydrogens is 477 g/mol. The number of aromatic nitrogens is 3. The van der Waals surface area contributed by atoms with Crippen LogP contribution in [0, 0.1) is 5.82 Å². The van der Waals surface area contributed by atoms with E-state index in [0.717, 1.165) is 31.5 Å². The Morgan fingerprint density at radius 1 is 1.09 bits per heavy atom. The SMILES string of the molecule is Cl.O=c1cnc2ccc(=O)n3c2n1C[C@H]3CN1CCC(NCc2cc(F)c3c(c2)OCCO3)CC1. The number of ether oxygens (including phenoxy) is 2. The quantitative estimate of drug-likeness (QED) is 0.566. The van der Waals surface area contributed by atoms with Crippen LogP contribution in [0.3, 0.4) is 0 Å². The molecule has 35 heavy (non-hydrogen) atoms. The van der Waals surface area contributed by atoms with Crippen molar-refractivity contribution >= 4 is 23.6 Å². The molecule has 1 N–H and O–H groups in total. The molecule has 0 unspecified atom stereocenters. The number of halogens is 2. The molecule has 1 atom stereocenters. The zero-order valence-corrected chi connectivity index (χ0v) is 19.9. The van der Waals surface area contributed by atoms with Gasteiger partial charge in [0.1, 0.15) is 24.4 Å². The summed E-state index contributed by atoms with van der Waals surface area (Å²) in [4.78, 5) is 31.4. The van der Waals surface area contributed by atoms with Gasteiger partial charge in [0, 0.05) is 31.7 Å². The van der Waals surface area contributed by atoms with E-state index >= 15 is 0 Å². The van der Waals surface area contributed by atoms with Crippen LogP contribution in [0.15, 0.2) is 40.1 Å². The monoisotopic (exact) mass is 503 g/mol. The van der Waals surface area contributed by atoms with Crippen molar-refractivity contribution in [2.24, 2.45) is 0 Å². The normalized spacial score (nSPS) is 19.6. The van der Waals surface area contributed by atoms with Crippen LogP contribution in [0.1, 0.15) is 24.4 Å². The molecule has 0 bridgehead atoms. The molecule has 9 nitrogen and oxygen atoms in total. The molecule has 2 aromatic heterocycles. The second-order valence-corrected chi connectivity index (χ2v) is 9.17. The highest BCUT2D eigenvalue weighted by atomic mass is 35.5. The summed E-state index contributed by atoms with van der Waals surface area (Å²) < 4.78 is 28.6. The van der Waals surface area contributed by atoms with Crippen molar-refractivity contribution in [3.63, 3.8) is 0 Å². The highest BCUT2D eigenvalue weighted by Crippen LogP contribution is 2.34. The second-order valence-electron chi connectivity index (χ2n) is 9.17. The van der Waals surface area contributed by atoms with Crippen LogP contribution in [0.4, 0.5) is 4.39 Å². The van der Waals surface area contributed by atoms with Crippen LogP contribution in [0.25, 0.3) is 11.2 Å². The van der Waals surface area contributed by atoms with Crippen molar-refractivity contribution in [3.8, 4) is 11.5 Å². The van der Waals surface area contributed by atoms with Gasteiger partial charge in [0.2, 0.25) is 0 Å². The number of likely N-dealkylation sites (tertiary alicyclic amines) is 1. The Balaban J connectivity index is 0.00000253. The van der Waals surface area contributed by atoms with E-state index in [9.17, 15) is 14.0 Å². The van der Waals surface area contributed by atoms with Gasteiger partial charge in [0.15, 0.2) is 17.3 Å². The van der Waals surface area contributed by atoms with Crippen molar-refractivity contribution in [2.45, 2.75) is 38.0 Å². The van der Waals surface area contributed by atoms with E-state index in [2.05, 4.69) is 15.2 Å². The van der Waals surface area contributed by atoms with E-state index in [1.54, 1.807) is 15.2 Å². The Labute approximate surface area is 206 Å². The summed E-state index contributed by atoms with van der Waals surface area (Å²) >= 11 is 0. The van der Waals surface area contributed by atoms with Gasteiger partial charge in [-0.3, -0.25) is 18.7 Å². The third kappa shape index (κ3) is 4.41. The number of hydrogen-bond donors (Lipinski definition) is 1. The Morgan fingerprint density at radius 3 is 2.71 bits per heavy atom. The Bertz CT molecular complexity index is 1360.